The van der Waals surface area contributed by atoms with Crippen molar-refractivity contribution in [2.45, 2.75) is 20.5 Å². The first-order valence-corrected chi connectivity index (χ1v) is 6.50. The summed E-state index contributed by atoms with van der Waals surface area (Å²) in [7, 11) is 3.51. The van der Waals surface area contributed by atoms with Gasteiger partial charge in [0.1, 0.15) is 18.2 Å². The van der Waals surface area contributed by atoms with Crippen LogP contribution in [0, 0.1) is 6.92 Å². The molecule has 2 heterocycles. The van der Waals surface area contributed by atoms with Crippen molar-refractivity contribution in [2.75, 3.05) is 24.3 Å². The molecule has 2 rings (SSSR count). The lowest BCUT2D eigenvalue weighted by molar-refractivity contribution is 0.178. The summed E-state index contributed by atoms with van der Waals surface area (Å²) in [5.41, 5.74) is 1.85. The van der Waals surface area contributed by atoms with Crippen LogP contribution in [0.1, 0.15) is 18.4 Å². The number of ether oxygens (including phenoxy) is 1. The third-order valence-electron chi connectivity index (χ3n) is 2.68. The first kappa shape index (κ1) is 14.3. The molecule has 0 amide bonds. The molecule has 7 nitrogen and oxygen atoms in total. The summed E-state index contributed by atoms with van der Waals surface area (Å²) in [4.78, 5) is 8.80. The van der Waals surface area contributed by atoms with Gasteiger partial charge in [-0.25, -0.2) is 9.97 Å². The molecule has 0 unspecified atom stereocenters. The first-order chi connectivity index (χ1) is 9.62. The average Bonchev–Trinajstić information content (AvgIpc) is 2.68. The monoisotopic (exact) mass is 276 g/mol. The van der Waals surface area contributed by atoms with Crippen LogP contribution in [0.25, 0.3) is 0 Å². The smallest absolute Gasteiger partial charge is 0.158 e. The summed E-state index contributed by atoms with van der Waals surface area (Å²) in [6.45, 7) is 5.15. The lowest BCUT2D eigenvalue weighted by Crippen LogP contribution is -2.06. The van der Waals surface area contributed by atoms with Crippen molar-refractivity contribution in [1.82, 2.24) is 19.7 Å². The Morgan fingerprint density at radius 1 is 1.30 bits per heavy atom. The van der Waals surface area contributed by atoms with Crippen molar-refractivity contribution in [3.8, 4) is 0 Å². The summed E-state index contributed by atoms with van der Waals surface area (Å²) in [5.74, 6) is 2.13. The van der Waals surface area contributed by atoms with Crippen LogP contribution < -0.4 is 10.6 Å². The summed E-state index contributed by atoms with van der Waals surface area (Å²) in [6.07, 6.45) is 1.92. The van der Waals surface area contributed by atoms with E-state index < -0.39 is 0 Å². The summed E-state index contributed by atoms with van der Waals surface area (Å²) in [6, 6.07) is 1.87. The average molecular weight is 276 g/mol. The Bertz CT molecular complexity index is 556. The third kappa shape index (κ3) is 3.45. The van der Waals surface area contributed by atoms with Crippen molar-refractivity contribution in [2.24, 2.45) is 7.05 Å². The Morgan fingerprint density at radius 3 is 2.65 bits per heavy atom. The van der Waals surface area contributed by atoms with E-state index in [1.807, 2.05) is 33.2 Å². The highest BCUT2D eigenvalue weighted by molar-refractivity contribution is 5.60. The quantitative estimate of drug-likeness (QED) is 0.838. The lowest BCUT2D eigenvalue weighted by atomic mass is 10.4. The number of rotatable bonds is 6. The fraction of sp³-hybridized carbons (Fsp3) is 0.462. The minimum absolute atomic E-state index is 0.375. The van der Waals surface area contributed by atoms with Gasteiger partial charge in [0.2, 0.25) is 0 Å². The molecule has 2 aromatic rings. The standard InChI is InChI=1S/C13H20N6O/c1-5-14-11-6-12(17-13(16-11)8-20-4)15-10-7-19(3)18-9(10)2/h6-7H,5,8H2,1-4H3,(H2,14,15,16,17). The molecular weight excluding hydrogens is 256 g/mol. The maximum Gasteiger partial charge on any atom is 0.158 e. The highest BCUT2D eigenvalue weighted by Crippen LogP contribution is 2.20. The Balaban J connectivity index is 2.27. The van der Waals surface area contributed by atoms with E-state index in [4.69, 9.17) is 4.74 Å². The van der Waals surface area contributed by atoms with Crippen LogP contribution in [0.15, 0.2) is 12.3 Å². The maximum atomic E-state index is 5.10. The van der Waals surface area contributed by atoms with Gasteiger partial charge in [-0.05, 0) is 13.8 Å². The molecule has 0 aliphatic rings. The third-order valence-corrected chi connectivity index (χ3v) is 2.68. The van der Waals surface area contributed by atoms with Gasteiger partial charge in [-0.15, -0.1) is 0 Å². The molecule has 0 radical (unpaired) electrons. The molecule has 0 aromatic carbocycles. The number of aryl methyl sites for hydroxylation is 2. The molecule has 0 bridgehead atoms. The van der Waals surface area contributed by atoms with Crippen molar-refractivity contribution in [3.05, 3.63) is 23.8 Å². The zero-order chi connectivity index (χ0) is 14.5. The Hall–Kier alpha value is -2.15. The fourth-order valence-electron chi connectivity index (χ4n) is 1.89. The molecule has 108 valence electrons. The van der Waals surface area contributed by atoms with Crippen molar-refractivity contribution < 1.29 is 4.74 Å². The van der Waals surface area contributed by atoms with Crippen LogP contribution in [-0.4, -0.2) is 33.4 Å². The molecule has 2 N–H and O–H groups in total. The van der Waals surface area contributed by atoms with Gasteiger partial charge in [0, 0.05) is 33.0 Å². The fourth-order valence-corrected chi connectivity index (χ4v) is 1.89. The topological polar surface area (TPSA) is 76.9 Å². The highest BCUT2D eigenvalue weighted by Gasteiger charge is 2.08. The molecule has 20 heavy (non-hydrogen) atoms. The highest BCUT2D eigenvalue weighted by atomic mass is 16.5. The number of nitrogens with zero attached hydrogens (tertiary/aromatic N) is 4. The predicted octanol–water partition coefficient (Wildman–Crippen LogP) is 1.84. The van der Waals surface area contributed by atoms with E-state index in [1.165, 1.54) is 0 Å². The van der Waals surface area contributed by atoms with E-state index in [0.717, 1.165) is 29.6 Å². The zero-order valence-electron chi connectivity index (χ0n) is 12.3. The van der Waals surface area contributed by atoms with Crippen LogP contribution in [0.4, 0.5) is 17.3 Å². The second-order valence-electron chi connectivity index (χ2n) is 4.44. The molecule has 0 atom stereocenters. The van der Waals surface area contributed by atoms with E-state index in [1.54, 1.807) is 11.8 Å². The predicted molar refractivity (Wildman–Crippen MR) is 78.1 cm³/mol. The normalized spacial score (nSPS) is 10.6. The van der Waals surface area contributed by atoms with Crippen molar-refractivity contribution in [3.63, 3.8) is 0 Å². The maximum absolute atomic E-state index is 5.10. The van der Waals surface area contributed by atoms with Gasteiger partial charge in [0.25, 0.3) is 0 Å². The minimum Gasteiger partial charge on any atom is -0.377 e. The Labute approximate surface area is 118 Å². The van der Waals surface area contributed by atoms with Gasteiger partial charge in [0.05, 0.1) is 11.4 Å². The lowest BCUT2D eigenvalue weighted by Gasteiger charge is -2.09. The van der Waals surface area contributed by atoms with Crippen molar-refractivity contribution in [1.29, 1.82) is 0 Å². The molecule has 2 aromatic heterocycles. The largest absolute Gasteiger partial charge is 0.377 e. The number of nitrogens with one attached hydrogen (secondary N) is 2. The second-order valence-corrected chi connectivity index (χ2v) is 4.44. The molecule has 0 fully saturated rings. The Morgan fingerprint density at radius 2 is 2.05 bits per heavy atom. The number of methoxy groups -OCH3 is 1. The van der Waals surface area contributed by atoms with Crippen LogP contribution in [0.5, 0.6) is 0 Å². The molecule has 0 aliphatic carbocycles. The Kier molecular flexibility index (Phi) is 4.52. The van der Waals surface area contributed by atoms with Crippen molar-refractivity contribution >= 4 is 17.3 Å². The van der Waals surface area contributed by atoms with Gasteiger partial charge in [-0.2, -0.15) is 5.10 Å². The first-order valence-electron chi connectivity index (χ1n) is 6.50. The van der Waals surface area contributed by atoms with E-state index >= 15 is 0 Å². The van der Waals surface area contributed by atoms with E-state index in [2.05, 4.69) is 25.7 Å². The zero-order valence-corrected chi connectivity index (χ0v) is 12.3. The van der Waals surface area contributed by atoms with Gasteiger partial charge >= 0.3 is 0 Å². The van der Waals surface area contributed by atoms with Crippen LogP contribution in [-0.2, 0) is 18.4 Å². The molecular formula is C13H20N6O. The summed E-state index contributed by atoms with van der Waals surface area (Å²) in [5, 5.41) is 10.7. The van der Waals surface area contributed by atoms with Crippen LogP contribution >= 0.6 is 0 Å². The molecule has 0 saturated carbocycles. The van der Waals surface area contributed by atoms with E-state index in [0.29, 0.717) is 12.4 Å². The van der Waals surface area contributed by atoms with Crippen LogP contribution in [0.3, 0.4) is 0 Å². The van der Waals surface area contributed by atoms with Gasteiger partial charge in [-0.3, -0.25) is 4.68 Å². The summed E-state index contributed by atoms with van der Waals surface area (Å²) >= 11 is 0. The second kappa shape index (κ2) is 6.33. The number of hydrogen-bond donors (Lipinski definition) is 2. The molecule has 0 spiro atoms. The number of aromatic nitrogens is 4. The molecule has 0 aliphatic heterocycles. The summed E-state index contributed by atoms with van der Waals surface area (Å²) < 4.78 is 6.86. The SMILES string of the molecule is CCNc1cc(Nc2cn(C)nc2C)nc(COC)n1. The number of hydrogen-bond acceptors (Lipinski definition) is 6. The molecule has 0 saturated heterocycles. The minimum atomic E-state index is 0.375. The van der Waals surface area contributed by atoms with E-state index in [-0.39, 0.29) is 0 Å². The van der Waals surface area contributed by atoms with Gasteiger partial charge in [0.15, 0.2) is 5.82 Å². The van der Waals surface area contributed by atoms with Gasteiger partial charge in [-0.1, -0.05) is 0 Å². The van der Waals surface area contributed by atoms with Crippen LogP contribution in [0.2, 0.25) is 0 Å². The molecule has 7 heteroatoms. The number of anilines is 3. The van der Waals surface area contributed by atoms with E-state index in [9.17, 15) is 0 Å². The van der Waals surface area contributed by atoms with Gasteiger partial charge < -0.3 is 15.4 Å².